The molecule has 0 atom stereocenters. The number of nitro groups is 1. The Hall–Kier alpha value is -3.42. The van der Waals surface area contributed by atoms with E-state index in [-0.39, 0.29) is 17.0 Å². The van der Waals surface area contributed by atoms with Gasteiger partial charge in [0.15, 0.2) is 12.4 Å². The van der Waals surface area contributed by atoms with Crippen LogP contribution in [0.5, 0.6) is 11.5 Å². The molecule has 0 saturated carbocycles. The number of carbonyl (C=O) groups is 2. The second kappa shape index (κ2) is 8.44. The van der Waals surface area contributed by atoms with Gasteiger partial charge in [0.25, 0.3) is 5.91 Å². The maximum atomic E-state index is 11.9. The molecule has 0 aliphatic heterocycles. The van der Waals surface area contributed by atoms with Gasteiger partial charge in [-0.1, -0.05) is 0 Å². The largest absolute Gasteiger partial charge is 0.494 e. The van der Waals surface area contributed by atoms with Crippen molar-refractivity contribution < 1.29 is 24.0 Å². The Bertz CT molecular complexity index is 773. The smallest absolute Gasteiger partial charge is 0.311 e. The van der Waals surface area contributed by atoms with E-state index in [1.54, 1.807) is 24.3 Å². The minimum absolute atomic E-state index is 0.0857. The van der Waals surface area contributed by atoms with Crippen LogP contribution in [0.15, 0.2) is 42.5 Å². The van der Waals surface area contributed by atoms with E-state index < -0.39 is 17.4 Å². The summed E-state index contributed by atoms with van der Waals surface area (Å²) in [6.07, 6.45) is 0.495. The van der Waals surface area contributed by atoms with E-state index >= 15 is 0 Å². The molecular weight excluding hydrogens is 328 g/mol. The number of ether oxygens (including phenoxy) is 2. The first-order valence-corrected chi connectivity index (χ1v) is 7.42. The Morgan fingerprint density at radius 3 is 2.52 bits per heavy atom. The normalized spacial score (nSPS) is 9.96. The molecule has 0 radical (unpaired) electrons. The fourth-order valence-corrected chi connectivity index (χ4v) is 2.01. The minimum atomic E-state index is -0.674. The predicted octanol–water partition coefficient (Wildman–Crippen LogP) is 2.82. The van der Waals surface area contributed by atoms with Gasteiger partial charge in [-0.25, -0.2) is 0 Å². The number of nitro benzene ring substituents is 1. The highest BCUT2D eigenvalue weighted by Crippen LogP contribution is 2.27. The highest BCUT2D eigenvalue weighted by molar-refractivity contribution is 5.92. The summed E-state index contributed by atoms with van der Waals surface area (Å²) in [5, 5.41) is 13.6. The van der Waals surface area contributed by atoms with E-state index in [0.717, 1.165) is 6.07 Å². The van der Waals surface area contributed by atoms with E-state index in [1.165, 1.54) is 12.1 Å². The van der Waals surface area contributed by atoms with Crippen LogP contribution in [0.3, 0.4) is 0 Å². The zero-order valence-corrected chi connectivity index (χ0v) is 13.4. The molecule has 0 aliphatic rings. The molecular formula is C17H16N2O6. The third-order valence-electron chi connectivity index (χ3n) is 3.12. The van der Waals surface area contributed by atoms with Gasteiger partial charge in [0.2, 0.25) is 0 Å². The van der Waals surface area contributed by atoms with Crippen LogP contribution in [-0.4, -0.2) is 30.3 Å². The lowest BCUT2D eigenvalue weighted by Crippen LogP contribution is -2.20. The number of hydrogen-bond donors (Lipinski definition) is 1. The Morgan fingerprint density at radius 1 is 1.20 bits per heavy atom. The second-order valence-electron chi connectivity index (χ2n) is 4.90. The van der Waals surface area contributed by atoms with Crippen LogP contribution in [0.1, 0.15) is 17.3 Å². The maximum absolute atomic E-state index is 11.9. The van der Waals surface area contributed by atoms with Crippen molar-refractivity contribution in [2.24, 2.45) is 0 Å². The number of rotatable bonds is 8. The van der Waals surface area contributed by atoms with Crippen molar-refractivity contribution in [1.82, 2.24) is 0 Å². The Balaban J connectivity index is 1.97. The van der Waals surface area contributed by atoms with Crippen molar-refractivity contribution in [2.75, 3.05) is 18.5 Å². The summed E-state index contributed by atoms with van der Waals surface area (Å²) in [6.45, 7) is 2.00. The molecule has 0 unspecified atom stereocenters. The van der Waals surface area contributed by atoms with E-state index in [0.29, 0.717) is 24.3 Å². The SMILES string of the molecule is CCOc1ccc(NC(=O)COc2ccc(C=O)cc2[N+](=O)[O-])cc1. The van der Waals surface area contributed by atoms with E-state index in [9.17, 15) is 19.7 Å². The lowest BCUT2D eigenvalue weighted by molar-refractivity contribution is -0.385. The number of hydrogen-bond acceptors (Lipinski definition) is 6. The minimum Gasteiger partial charge on any atom is -0.494 e. The van der Waals surface area contributed by atoms with Crippen LogP contribution in [0.2, 0.25) is 0 Å². The summed E-state index contributed by atoms with van der Waals surface area (Å²) < 4.78 is 10.5. The third-order valence-corrected chi connectivity index (χ3v) is 3.12. The Labute approximate surface area is 143 Å². The van der Waals surface area contributed by atoms with Crippen LogP contribution < -0.4 is 14.8 Å². The summed E-state index contributed by atoms with van der Waals surface area (Å²) in [7, 11) is 0. The van der Waals surface area contributed by atoms with Crippen molar-refractivity contribution in [2.45, 2.75) is 6.92 Å². The molecule has 0 spiro atoms. The number of anilines is 1. The van der Waals surface area contributed by atoms with Crippen LogP contribution >= 0.6 is 0 Å². The number of carbonyl (C=O) groups excluding carboxylic acids is 2. The summed E-state index contributed by atoms with van der Waals surface area (Å²) in [5.74, 6) is 0.123. The van der Waals surface area contributed by atoms with Crippen LogP contribution in [-0.2, 0) is 4.79 Å². The average molecular weight is 344 g/mol. The highest BCUT2D eigenvalue weighted by atomic mass is 16.6. The molecule has 1 amide bonds. The second-order valence-corrected chi connectivity index (χ2v) is 4.90. The highest BCUT2D eigenvalue weighted by Gasteiger charge is 2.17. The van der Waals surface area contributed by atoms with Gasteiger partial charge >= 0.3 is 5.69 Å². The van der Waals surface area contributed by atoms with Gasteiger partial charge in [-0.05, 0) is 43.3 Å². The van der Waals surface area contributed by atoms with Crippen molar-refractivity contribution in [3.63, 3.8) is 0 Å². The summed E-state index contributed by atoms with van der Waals surface area (Å²) >= 11 is 0. The molecule has 25 heavy (non-hydrogen) atoms. The molecule has 0 aliphatic carbocycles. The average Bonchev–Trinajstić information content (AvgIpc) is 2.61. The van der Waals surface area contributed by atoms with Crippen molar-refractivity contribution in [1.29, 1.82) is 0 Å². The zero-order valence-electron chi connectivity index (χ0n) is 13.4. The molecule has 0 aromatic heterocycles. The molecule has 0 heterocycles. The third kappa shape index (κ3) is 5.03. The maximum Gasteiger partial charge on any atom is 0.311 e. The van der Waals surface area contributed by atoms with E-state index in [1.807, 2.05) is 6.92 Å². The lowest BCUT2D eigenvalue weighted by Gasteiger charge is -2.09. The lowest BCUT2D eigenvalue weighted by atomic mass is 10.2. The van der Waals surface area contributed by atoms with Gasteiger partial charge < -0.3 is 14.8 Å². The van der Waals surface area contributed by atoms with Crippen LogP contribution in [0.4, 0.5) is 11.4 Å². The van der Waals surface area contributed by atoms with E-state index in [2.05, 4.69) is 5.32 Å². The van der Waals surface area contributed by atoms with Gasteiger partial charge in [0, 0.05) is 17.3 Å². The number of amides is 1. The standard InChI is InChI=1S/C17H16N2O6/c1-2-24-14-6-4-13(5-7-14)18-17(21)11-25-16-8-3-12(10-20)9-15(16)19(22)23/h3-10H,2,11H2,1H3,(H,18,21). The van der Waals surface area contributed by atoms with Gasteiger partial charge in [0.05, 0.1) is 11.5 Å². The first-order chi connectivity index (χ1) is 12.0. The molecule has 2 aromatic carbocycles. The summed E-state index contributed by atoms with van der Waals surface area (Å²) in [4.78, 5) is 32.9. The predicted molar refractivity (Wildman–Crippen MR) is 90.2 cm³/mol. The van der Waals surface area contributed by atoms with Crippen LogP contribution in [0, 0.1) is 10.1 Å². The monoisotopic (exact) mass is 344 g/mol. The molecule has 2 aromatic rings. The van der Waals surface area contributed by atoms with Crippen molar-refractivity contribution in [3.8, 4) is 11.5 Å². The Morgan fingerprint density at radius 2 is 1.92 bits per heavy atom. The molecule has 1 N–H and O–H groups in total. The van der Waals surface area contributed by atoms with Gasteiger partial charge in [-0.3, -0.25) is 19.7 Å². The summed E-state index contributed by atoms with van der Waals surface area (Å²) in [6, 6.07) is 10.5. The number of aldehydes is 1. The quantitative estimate of drug-likeness (QED) is 0.448. The van der Waals surface area contributed by atoms with Crippen molar-refractivity contribution >= 4 is 23.6 Å². The Kier molecular flexibility index (Phi) is 6.05. The molecule has 2 rings (SSSR count). The van der Waals surface area contributed by atoms with Crippen molar-refractivity contribution in [3.05, 3.63) is 58.1 Å². The fourth-order valence-electron chi connectivity index (χ4n) is 2.01. The first kappa shape index (κ1) is 17.9. The van der Waals surface area contributed by atoms with Crippen LogP contribution in [0.25, 0.3) is 0 Å². The molecule has 0 saturated heterocycles. The van der Waals surface area contributed by atoms with E-state index in [4.69, 9.17) is 9.47 Å². The topological polar surface area (TPSA) is 108 Å². The number of nitrogens with zero attached hydrogens (tertiary/aromatic N) is 1. The summed E-state index contributed by atoms with van der Waals surface area (Å²) in [5.41, 5.74) is 0.319. The number of nitrogens with one attached hydrogen (secondary N) is 1. The van der Waals surface area contributed by atoms with Gasteiger partial charge in [-0.2, -0.15) is 0 Å². The fraction of sp³-hybridized carbons (Fsp3) is 0.176. The first-order valence-electron chi connectivity index (χ1n) is 7.42. The van der Waals surface area contributed by atoms with Gasteiger partial charge in [0.1, 0.15) is 12.0 Å². The molecule has 8 nitrogen and oxygen atoms in total. The number of benzene rings is 2. The molecule has 8 heteroatoms. The molecule has 0 fully saturated rings. The molecule has 130 valence electrons. The molecule has 0 bridgehead atoms. The zero-order chi connectivity index (χ0) is 18.2. The van der Waals surface area contributed by atoms with Gasteiger partial charge in [-0.15, -0.1) is 0 Å².